The van der Waals surface area contributed by atoms with Crippen LogP contribution in [0.4, 0.5) is 15.8 Å². The Hall–Kier alpha value is -2.70. The molecule has 1 aromatic heterocycles. The highest BCUT2D eigenvalue weighted by Crippen LogP contribution is 2.23. The van der Waals surface area contributed by atoms with Gasteiger partial charge in [-0.05, 0) is 31.0 Å². The predicted molar refractivity (Wildman–Crippen MR) is 89.6 cm³/mol. The Morgan fingerprint density at radius 3 is 2.88 bits per heavy atom. The monoisotopic (exact) mass is 330 g/mol. The van der Waals surface area contributed by atoms with Crippen molar-refractivity contribution in [2.24, 2.45) is 13.0 Å². The van der Waals surface area contributed by atoms with Crippen molar-refractivity contribution in [2.75, 3.05) is 23.3 Å². The number of anilines is 2. The fourth-order valence-electron chi connectivity index (χ4n) is 2.76. The summed E-state index contributed by atoms with van der Waals surface area (Å²) in [7, 11) is 1.59. The third-order valence-electron chi connectivity index (χ3n) is 4.32. The van der Waals surface area contributed by atoms with Gasteiger partial charge in [0.05, 0.1) is 17.8 Å². The number of carbonyl (C=O) groups is 1. The van der Waals surface area contributed by atoms with E-state index in [0.29, 0.717) is 30.8 Å². The van der Waals surface area contributed by atoms with Gasteiger partial charge in [-0.3, -0.25) is 9.59 Å². The number of benzene rings is 1. The number of rotatable bonds is 3. The zero-order valence-electron chi connectivity index (χ0n) is 13.6. The van der Waals surface area contributed by atoms with Gasteiger partial charge in [0.15, 0.2) is 0 Å². The third kappa shape index (κ3) is 3.29. The van der Waals surface area contributed by atoms with Crippen molar-refractivity contribution in [3.8, 4) is 0 Å². The molecule has 0 bridgehead atoms. The average molecular weight is 330 g/mol. The van der Waals surface area contributed by atoms with Crippen LogP contribution in [0.25, 0.3) is 0 Å². The number of halogens is 1. The second kappa shape index (κ2) is 6.43. The number of hydrogen-bond acceptors (Lipinski definition) is 4. The van der Waals surface area contributed by atoms with Crippen LogP contribution >= 0.6 is 0 Å². The van der Waals surface area contributed by atoms with Gasteiger partial charge in [0, 0.05) is 31.9 Å². The van der Waals surface area contributed by atoms with Crippen LogP contribution in [0.2, 0.25) is 0 Å². The van der Waals surface area contributed by atoms with E-state index < -0.39 is 0 Å². The van der Waals surface area contributed by atoms with Crippen molar-refractivity contribution in [3.63, 3.8) is 0 Å². The van der Waals surface area contributed by atoms with Gasteiger partial charge < -0.3 is 10.2 Å². The Balaban J connectivity index is 1.66. The summed E-state index contributed by atoms with van der Waals surface area (Å²) < 4.78 is 14.8. The van der Waals surface area contributed by atoms with Crippen LogP contribution in [0.1, 0.15) is 12.0 Å². The average Bonchev–Trinajstić information content (AvgIpc) is 3.04. The molecule has 0 aliphatic carbocycles. The highest BCUT2D eigenvalue weighted by molar-refractivity contribution is 5.93. The van der Waals surface area contributed by atoms with E-state index in [1.165, 1.54) is 16.8 Å². The number of amides is 1. The van der Waals surface area contributed by atoms with Crippen LogP contribution in [-0.4, -0.2) is 28.8 Å². The summed E-state index contributed by atoms with van der Waals surface area (Å²) in [5, 5.41) is 6.76. The highest BCUT2D eigenvalue weighted by Gasteiger charge is 2.29. The third-order valence-corrected chi connectivity index (χ3v) is 4.32. The topological polar surface area (TPSA) is 67.2 Å². The molecule has 2 heterocycles. The predicted octanol–water partition coefficient (Wildman–Crippen LogP) is 1.69. The van der Waals surface area contributed by atoms with Crippen molar-refractivity contribution in [3.05, 3.63) is 52.2 Å². The van der Waals surface area contributed by atoms with Crippen molar-refractivity contribution in [1.29, 1.82) is 0 Å². The summed E-state index contributed by atoms with van der Waals surface area (Å²) in [6.07, 6.45) is 2.30. The number of aromatic nitrogens is 2. The fraction of sp³-hybridized carbons (Fsp3) is 0.353. The maximum Gasteiger partial charge on any atom is 0.268 e. The van der Waals surface area contributed by atoms with E-state index in [1.807, 2.05) is 4.90 Å². The molecule has 126 valence electrons. The van der Waals surface area contributed by atoms with E-state index in [9.17, 15) is 14.0 Å². The summed E-state index contributed by atoms with van der Waals surface area (Å²) >= 11 is 0. The molecule has 2 aromatic rings. The van der Waals surface area contributed by atoms with Crippen LogP contribution in [0.15, 0.2) is 35.3 Å². The van der Waals surface area contributed by atoms with Gasteiger partial charge >= 0.3 is 0 Å². The molecule has 1 aromatic carbocycles. The van der Waals surface area contributed by atoms with Gasteiger partial charge in [-0.1, -0.05) is 6.07 Å². The lowest BCUT2D eigenvalue weighted by Crippen LogP contribution is -2.28. The molecule has 7 heteroatoms. The van der Waals surface area contributed by atoms with Crippen molar-refractivity contribution >= 4 is 17.3 Å². The number of carbonyl (C=O) groups excluding carboxylic acids is 1. The molecule has 0 radical (unpaired) electrons. The second-order valence-corrected chi connectivity index (χ2v) is 6.06. The molecule has 1 atom stereocenters. The Morgan fingerprint density at radius 1 is 1.38 bits per heavy atom. The van der Waals surface area contributed by atoms with E-state index in [0.717, 1.165) is 5.69 Å². The largest absolute Gasteiger partial charge is 0.369 e. The van der Waals surface area contributed by atoms with Crippen LogP contribution < -0.4 is 15.8 Å². The number of nitrogens with zero attached hydrogens (tertiary/aromatic N) is 3. The quantitative estimate of drug-likeness (QED) is 0.930. The first-order valence-corrected chi connectivity index (χ1v) is 7.79. The van der Waals surface area contributed by atoms with E-state index >= 15 is 0 Å². The lowest BCUT2D eigenvalue weighted by molar-refractivity contribution is -0.119. The van der Waals surface area contributed by atoms with Crippen molar-refractivity contribution in [1.82, 2.24) is 9.78 Å². The Labute approximate surface area is 138 Å². The normalized spacial score (nSPS) is 17.1. The first-order valence-electron chi connectivity index (χ1n) is 7.79. The summed E-state index contributed by atoms with van der Waals surface area (Å²) in [4.78, 5) is 26.0. The summed E-state index contributed by atoms with van der Waals surface area (Å²) in [5.41, 5.74) is 1.53. The van der Waals surface area contributed by atoms with Gasteiger partial charge in [-0.25, -0.2) is 9.07 Å². The van der Waals surface area contributed by atoms with Gasteiger partial charge in [0.1, 0.15) is 5.82 Å². The Morgan fingerprint density at radius 2 is 2.17 bits per heavy atom. The first-order chi connectivity index (χ1) is 11.4. The van der Waals surface area contributed by atoms with Gasteiger partial charge in [0.2, 0.25) is 5.91 Å². The van der Waals surface area contributed by atoms with Crippen molar-refractivity contribution < 1.29 is 9.18 Å². The molecule has 1 amide bonds. The molecule has 1 unspecified atom stereocenters. The molecule has 1 N–H and O–H groups in total. The molecule has 3 rings (SSSR count). The molecule has 6 nitrogen and oxygen atoms in total. The van der Waals surface area contributed by atoms with Gasteiger partial charge in [0.25, 0.3) is 5.56 Å². The van der Waals surface area contributed by atoms with Gasteiger partial charge in [-0.2, -0.15) is 5.10 Å². The zero-order valence-corrected chi connectivity index (χ0v) is 13.6. The maximum absolute atomic E-state index is 13.6. The smallest absolute Gasteiger partial charge is 0.268 e. The summed E-state index contributed by atoms with van der Waals surface area (Å²) in [5.74, 6) is -0.692. The number of hydrogen-bond donors (Lipinski definition) is 1. The van der Waals surface area contributed by atoms with E-state index in [4.69, 9.17) is 0 Å². The molecule has 1 aliphatic rings. The molecule has 0 spiro atoms. The fourth-order valence-corrected chi connectivity index (χ4v) is 2.76. The first kappa shape index (κ1) is 16.2. The van der Waals surface area contributed by atoms with Gasteiger partial charge in [-0.15, -0.1) is 0 Å². The molecule has 1 aliphatic heterocycles. The minimum Gasteiger partial charge on any atom is -0.369 e. The second-order valence-electron chi connectivity index (χ2n) is 6.06. The Kier molecular flexibility index (Phi) is 4.33. The SMILES string of the molecule is Cc1ccc(NC(=O)C2CCN(c3cnn(C)c(=O)c3)C2)cc1F. The molecule has 0 saturated carbocycles. The lowest BCUT2D eigenvalue weighted by atomic mass is 10.1. The number of aryl methyl sites for hydroxylation is 2. The minimum atomic E-state index is -0.341. The van der Waals surface area contributed by atoms with E-state index in [2.05, 4.69) is 10.4 Å². The zero-order chi connectivity index (χ0) is 17.3. The van der Waals surface area contributed by atoms with Crippen LogP contribution in [0, 0.1) is 18.7 Å². The number of nitrogens with one attached hydrogen (secondary N) is 1. The molecule has 1 saturated heterocycles. The van der Waals surface area contributed by atoms with E-state index in [-0.39, 0.29) is 23.2 Å². The molecular weight excluding hydrogens is 311 g/mol. The van der Waals surface area contributed by atoms with Crippen LogP contribution in [0.5, 0.6) is 0 Å². The molecular formula is C17H19FN4O2. The van der Waals surface area contributed by atoms with Crippen molar-refractivity contribution in [2.45, 2.75) is 13.3 Å². The van der Waals surface area contributed by atoms with Crippen LogP contribution in [0.3, 0.4) is 0 Å². The standard InChI is InChI=1S/C17H19FN4O2/c1-11-3-4-13(7-15(11)18)20-17(24)12-5-6-22(10-12)14-8-16(23)21(2)19-9-14/h3-4,7-9,12H,5-6,10H2,1-2H3,(H,20,24). The molecule has 1 fully saturated rings. The molecule has 24 heavy (non-hydrogen) atoms. The lowest BCUT2D eigenvalue weighted by Gasteiger charge is -2.18. The highest BCUT2D eigenvalue weighted by atomic mass is 19.1. The minimum absolute atomic E-state index is 0.141. The summed E-state index contributed by atoms with van der Waals surface area (Å²) in [6, 6.07) is 6.17. The van der Waals surface area contributed by atoms with E-state index in [1.54, 1.807) is 32.3 Å². The van der Waals surface area contributed by atoms with Crippen LogP contribution in [-0.2, 0) is 11.8 Å². The maximum atomic E-state index is 13.6. The Bertz CT molecular complexity index is 834. The summed E-state index contributed by atoms with van der Waals surface area (Å²) in [6.45, 7) is 2.86.